The molecule has 1 aliphatic rings. The minimum absolute atomic E-state index is 0.0629. The van der Waals surface area contributed by atoms with Crippen molar-refractivity contribution in [2.45, 2.75) is 25.7 Å². The van der Waals surface area contributed by atoms with Gasteiger partial charge < -0.3 is 9.84 Å². The summed E-state index contributed by atoms with van der Waals surface area (Å²) in [6.45, 7) is 2.86. The highest BCUT2D eigenvalue weighted by atomic mass is 35.5. The summed E-state index contributed by atoms with van der Waals surface area (Å²) < 4.78 is 5.77. The second-order valence-electron chi connectivity index (χ2n) is 4.52. The van der Waals surface area contributed by atoms with Crippen LogP contribution in [0.15, 0.2) is 18.2 Å². The number of rotatable bonds is 5. The molecule has 2 nitrogen and oxygen atoms in total. The average Bonchev–Trinajstić information content (AvgIpc) is 3.10. The molecular weight excluding hydrogens is 224 g/mol. The fraction of sp³-hybridized carbons (Fsp3) is 0.538. The number of aliphatic hydroxyl groups excluding tert-OH is 1. The summed E-state index contributed by atoms with van der Waals surface area (Å²) in [7, 11) is 0. The number of ether oxygens (including phenoxy) is 1. The van der Waals surface area contributed by atoms with Crippen LogP contribution < -0.4 is 4.74 Å². The summed E-state index contributed by atoms with van der Waals surface area (Å²) in [5, 5.41) is 9.88. The highest BCUT2D eigenvalue weighted by Crippen LogP contribution is 2.33. The molecule has 0 saturated heterocycles. The molecule has 0 amide bonds. The van der Waals surface area contributed by atoms with Gasteiger partial charge in [-0.1, -0.05) is 18.5 Å². The van der Waals surface area contributed by atoms with E-state index in [9.17, 15) is 5.11 Å². The Morgan fingerprint density at radius 2 is 2.25 bits per heavy atom. The van der Waals surface area contributed by atoms with Gasteiger partial charge in [0.25, 0.3) is 0 Å². The number of hydrogen-bond donors (Lipinski definition) is 1. The second-order valence-corrected chi connectivity index (χ2v) is 4.96. The molecule has 1 unspecified atom stereocenters. The van der Waals surface area contributed by atoms with Crippen molar-refractivity contribution in [1.82, 2.24) is 0 Å². The summed E-state index contributed by atoms with van der Waals surface area (Å²) in [5.74, 6) is 1.65. The minimum Gasteiger partial charge on any atom is -0.493 e. The van der Waals surface area contributed by atoms with Gasteiger partial charge in [-0.3, -0.25) is 0 Å². The van der Waals surface area contributed by atoms with Crippen LogP contribution in [-0.4, -0.2) is 18.3 Å². The minimum atomic E-state index is 0.0629. The normalized spacial score (nSPS) is 17.2. The lowest BCUT2D eigenvalue weighted by Crippen LogP contribution is -2.06. The van der Waals surface area contributed by atoms with Gasteiger partial charge in [0.15, 0.2) is 0 Å². The molecular formula is C13H17ClO2. The third kappa shape index (κ3) is 2.89. The van der Waals surface area contributed by atoms with Crippen LogP contribution in [0.3, 0.4) is 0 Å². The van der Waals surface area contributed by atoms with Crippen LogP contribution in [0.2, 0.25) is 5.02 Å². The van der Waals surface area contributed by atoms with Gasteiger partial charge in [-0.05, 0) is 37.0 Å². The predicted molar refractivity (Wildman–Crippen MR) is 65.2 cm³/mol. The van der Waals surface area contributed by atoms with E-state index >= 15 is 0 Å². The first kappa shape index (κ1) is 11.7. The van der Waals surface area contributed by atoms with E-state index in [1.54, 1.807) is 0 Å². The summed E-state index contributed by atoms with van der Waals surface area (Å²) in [5.41, 5.74) is 0.996. The zero-order valence-corrected chi connectivity index (χ0v) is 10.2. The van der Waals surface area contributed by atoms with E-state index in [2.05, 4.69) is 0 Å². The van der Waals surface area contributed by atoms with Crippen molar-refractivity contribution in [3.05, 3.63) is 28.8 Å². The van der Waals surface area contributed by atoms with E-state index in [0.29, 0.717) is 5.02 Å². The lowest BCUT2D eigenvalue weighted by atomic mass is 10.0. The smallest absolute Gasteiger partial charge is 0.122 e. The fourth-order valence-corrected chi connectivity index (χ4v) is 1.81. The van der Waals surface area contributed by atoms with E-state index in [1.807, 2.05) is 25.1 Å². The van der Waals surface area contributed by atoms with Crippen molar-refractivity contribution in [2.24, 2.45) is 5.92 Å². The number of hydrogen-bond acceptors (Lipinski definition) is 2. The van der Waals surface area contributed by atoms with Gasteiger partial charge in [0.1, 0.15) is 5.75 Å². The standard InChI is InChI=1S/C13H17ClO2/c1-9(7-15)12-6-11(14)4-5-13(12)16-8-10-2-3-10/h4-6,9-10,15H,2-3,7-8H2,1H3. The van der Waals surface area contributed by atoms with Crippen LogP contribution in [0.25, 0.3) is 0 Å². The van der Waals surface area contributed by atoms with Crippen molar-refractivity contribution < 1.29 is 9.84 Å². The maximum Gasteiger partial charge on any atom is 0.122 e. The Kier molecular flexibility index (Phi) is 3.72. The Labute approximate surface area is 101 Å². The van der Waals surface area contributed by atoms with Gasteiger partial charge in [-0.15, -0.1) is 0 Å². The molecule has 0 bridgehead atoms. The zero-order chi connectivity index (χ0) is 11.5. The molecule has 1 atom stereocenters. The second kappa shape index (κ2) is 5.07. The van der Waals surface area contributed by atoms with Gasteiger partial charge in [0.2, 0.25) is 0 Å². The molecule has 0 heterocycles. The molecule has 0 radical (unpaired) electrons. The predicted octanol–water partition coefficient (Wildman–Crippen LogP) is 3.22. The molecule has 0 aliphatic heterocycles. The molecule has 1 aromatic rings. The van der Waals surface area contributed by atoms with E-state index in [1.165, 1.54) is 12.8 Å². The SMILES string of the molecule is CC(CO)c1cc(Cl)ccc1OCC1CC1. The van der Waals surface area contributed by atoms with Gasteiger partial charge in [0.05, 0.1) is 6.61 Å². The number of aliphatic hydroxyl groups is 1. The molecule has 2 rings (SSSR count). The van der Waals surface area contributed by atoms with Crippen molar-refractivity contribution in [2.75, 3.05) is 13.2 Å². The summed E-state index contributed by atoms with van der Waals surface area (Å²) in [6.07, 6.45) is 2.55. The van der Waals surface area contributed by atoms with Crippen LogP contribution in [0.1, 0.15) is 31.2 Å². The van der Waals surface area contributed by atoms with Gasteiger partial charge in [0, 0.05) is 23.1 Å². The lowest BCUT2D eigenvalue weighted by Gasteiger charge is -2.15. The molecule has 1 aromatic carbocycles. The van der Waals surface area contributed by atoms with Crippen LogP contribution in [0, 0.1) is 5.92 Å². The molecule has 16 heavy (non-hydrogen) atoms. The maximum atomic E-state index is 9.19. The van der Waals surface area contributed by atoms with Crippen molar-refractivity contribution in [3.63, 3.8) is 0 Å². The first-order valence-corrected chi connectivity index (χ1v) is 6.11. The lowest BCUT2D eigenvalue weighted by molar-refractivity contribution is 0.261. The average molecular weight is 241 g/mol. The molecule has 3 heteroatoms. The highest BCUT2D eigenvalue weighted by Gasteiger charge is 2.22. The Hall–Kier alpha value is -0.730. The Morgan fingerprint density at radius 1 is 1.50 bits per heavy atom. The molecule has 0 aromatic heterocycles. The van der Waals surface area contributed by atoms with Crippen LogP contribution in [-0.2, 0) is 0 Å². The number of benzene rings is 1. The largest absolute Gasteiger partial charge is 0.493 e. The van der Waals surface area contributed by atoms with Crippen molar-refractivity contribution in [1.29, 1.82) is 0 Å². The monoisotopic (exact) mass is 240 g/mol. The quantitative estimate of drug-likeness (QED) is 0.856. The van der Waals surface area contributed by atoms with Crippen LogP contribution >= 0.6 is 11.6 Å². The van der Waals surface area contributed by atoms with E-state index in [-0.39, 0.29) is 12.5 Å². The van der Waals surface area contributed by atoms with Crippen molar-refractivity contribution >= 4 is 11.6 Å². The molecule has 88 valence electrons. The topological polar surface area (TPSA) is 29.5 Å². The summed E-state index contributed by atoms with van der Waals surface area (Å²) >= 11 is 5.96. The van der Waals surface area contributed by atoms with E-state index in [0.717, 1.165) is 23.8 Å². The van der Waals surface area contributed by atoms with Crippen LogP contribution in [0.5, 0.6) is 5.75 Å². The zero-order valence-electron chi connectivity index (χ0n) is 9.45. The first-order chi connectivity index (χ1) is 7.70. The molecule has 1 aliphatic carbocycles. The number of halogens is 1. The maximum absolute atomic E-state index is 9.19. The summed E-state index contributed by atoms with van der Waals surface area (Å²) in [6, 6.07) is 5.61. The molecule has 0 spiro atoms. The van der Waals surface area contributed by atoms with E-state index in [4.69, 9.17) is 16.3 Å². The van der Waals surface area contributed by atoms with Gasteiger partial charge >= 0.3 is 0 Å². The summed E-state index contributed by atoms with van der Waals surface area (Å²) in [4.78, 5) is 0. The van der Waals surface area contributed by atoms with Gasteiger partial charge in [-0.25, -0.2) is 0 Å². The van der Waals surface area contributed by atoms with Crippen LogP contribution in [0.4, 0.5) is 0 Å². The first-order valence-electron chi connectivity index (χ1n) is 5.74. The highest BCUT2D eigenvalue weighted by molar-refractivity contribution is 6.30. The third-order valence-electron chi connectivity index (χ3n) is 2.95. The Balaban J connectivity index is 2.13. The third-order valence-corrected chi connectivity index (χ3v) is 3.18. The van der Waals surface area contributed by atoms with Crippen molar-refractivity contribution in [3.8, 4) is 5.75 Å². The molecule has 1 fully saturated rings. The Morgan fingerprint density at radius 3 is 2.88 bits per heavy atom. The van der Waals surface area contributed by atoms with Gasteiger partial charge in [-0.2, -0.15) is 0 Å². The molecule has 1 N–H and O–H groups in total. The van der Waals surface area contributed by atoms with E-state index < -0.39 is 0 Å². The fourth-order valence-electron chi connectivity index (χ4n) is 1.63. The Bertz CT molecular complexity index is 361. The molecule has 1 saturated carbocycles.